The average molecular weight is 333 g/mol. The van der Waals surface area contributed by atoms with Crippen LogP contribution in [0, 0.1) is 11.8 Å². The molecular formula is C18H27N3O3. The summed E-state index contributed by atoms with van der Waals surface area (Å²) in [6, 6.07) is 1.93. The van der Waals surface area contributed by atoms with E-state index in [2.05, 4.69) is 10.5 Å². The summed E-state index contributed by atoms with van der Waals surface area (Å²) in [6.07, 6.45) is 6.64. The third-order valence-electron chi connectivity index (χ3n) is 5.32. The molecule has 2 aliphatic carbocycles. The van der Waals surface area contributed by atoms with Gasteiger partial charge in [0.15, 0.2) is 5.69 Å². The number of nitrogens with zero attached hydrogens (tertiary/aromatic N) is 1. The van der Waals surface area contributed by atoms with Gasteiger partial charge in [0.1, 0.15) is 11.5 Å². The van der Waals surface area contributed by atoms with Crippen molar-refractivity contribution >= 4 is 11.7 Å². The van der Waals surface area contributed by atoms with Crippen molar-refractivity contribution in [3.8, 4) is 0 Å². The van der Waals surface area contributed by atoms with Crippen molar-refractivity contribution in [1.29, 1.82) is 0 Å². The summed E-state index contributed by atoms with van der Waals surface area (Å²) in [5.74, 6) is 1.78. The van der Waals surface area contributed by atoms with Crippen molar-refractivity contribution in [2.45, 2.75) is 63.8 Å². The number of nitrogens with one attached hydrogen (secondary N) is 1. The fourth-order valence-corrected chi connectivity index (χ4v) is 3.34. The van der Waals surface area contributed by atoms with Crippen molar-refractivity contribution in [2.24, 2.45) is 17.6 Å². The van der Waals surface area contributed by atoms with Gasteiger partial charge in [0.25, 0.3) is 5.91 Å². The molecule has 6 heteroatoms. The first-order valence-corrected chi connectivity index (χ1v) is 9.07. The lowest BCUT2D eigenvalue weighted by Crippen LogP contribution is -2.38. The highest BCUT2D eigenvalue weighted by atomic mass is 16.5. The Morgan fingerprint density at radius 1 is 1.29 bits per heavy atom. The zero-order valence-corrected chi connectivity index (χ0v) is 14.3. The molecule has 132 valence electrons. The standard InChI is InChI=1S/C18H27N3O3/c1-11(10-19)16(22)8-12-2-6-14(7-3-12)20-18(23)15-9-17(24-21-15)13-4-5-13/h9,11-14H,2-8,10,19H2,1H3,(H,20,23). The largest absolute Gasteiger partial charge is 0.360 e. The maximum Gasteiger partial charge on any atom is 0.273 e. The molecule has 0 spiro atoms. The van der Waals surface area contributed by atoms with Crippen LogP contribution in [0.25, 0.3) is 0 Å². The van der Waals surface area contributed by atoms with E-state index in [1.54, 1.807) is 6.07 Å². The van der Waals surface area contributed by atoms with Gasteiger partial charge in [0.05, 0.1) is 0 Å². The van der Waals surface area contributed by atoms with Crippen molar-refractivity contribution in [3.63, 3.8) is 0 Å². The number of carbonyl (C=O) groups is 2. The highest BCUT2D eigenvalue weighted by Crippen LogP contribution is 2.40. The van der Waals surface area contributed by atoms with Gasteiger partial charge in [-0.1, -0.05) is 12.1 Å². The number of Topliss-reactive ketones (excluding diaryl/α,β-unsaturated/α-hetero) is 1. The summed E-state index contributed by atoms with van der Waals surface area (Å²) in [5.41, 5.74) is 5.93. The lowest BCUT2D eigenvalue weighted by Gasteiger charge is -2.29. The van der Waals surface area contributed by atoms with Crippen LogP contribution in [0.15, 0.2) is 10.6 Å². The number of rotatable bonds is 7. The minimum atomic E-state index is -0.151. The lowest BCUT2D eigenvalue weighted by molar-refractivity contribution is -0.123. The Balaban J connectivity index is 1.43. The quantitative estimate of drug-likeness (QED) is 0.798. The van der Waals surface area contributed by atoms with E-state index in [0.29, 0.717) is 30.5 Å². The fourth-order valence-electron chi connectivity index (χ4n) is 3.34. The van der Waals surface area contributed by atoms with Crippen molar-refractivity contribution in [2.75, 3.05) is 6.54 Å². The van der Waals surface area contributed by atoms with Crippen LogP contribution in [0.4, 0.5) is 0 Å². The van der Waals surface area contributed by atoms with E-state index < -0.39 is 0 Å². The van der Waals surface area contributed by atoms with Crippen LogP contribution in [0.1, 0.15) is 74.0 Å². The summed E-state index contributed by atoms with van der Waals surface area (Å²) in [7, 11) is 0. The third-order valence-corrected chi connectivity index (χ3v) is 5.32. The summed E-state index contributed by atoms with van der Waals surface area (Å²) in [5, 5.41) is 6.93. The second-order valence-corrected chi connectivity index (χ2v) is 7.39. The molecule has 0 aromatic carbocycles. The zero-order chi connectivity index (χ0) is 17.1. The molecule has 1 heterocycles. The first-order chi connectivity index (χ1) is 11.6. The number of nitrogens with two attached hydrogens (primary N) is 1. The van der Waals surface area contributed by atoms with Crippen molar-refractivity contribution in [3.05, 3.63) is 17.5 Å². The number of ketones is 1. The van der Waals surface area contributed by atoms with Gasteiger partial charge in [-0.2, -0.15) is 0 Å². The maximum atomic E-state index is 12.3. The Morgan fingerprint density at radius 2 is 2.00 bits per heavy atom. The molecule has 3 N–H and O–H groups in total. The Hall–Kier alpha value is -1.69. The molecule has 0 aliphatic heterocycles. The minimum Gasteiger partial charge on any atom is -0.360 e. The van der Waals surface area contributed by atoms with Crippen molar-refractivity contribution in [1.82, 2.24) is 10.5 Å². The molecular weight excluding hydrogens is 306 g/mol. The average Bonchev–Trinajstić information content (AvgIpc) is 3.32. The number of hydrogen-bond acceptors (Lipinski definition) is 5. The van der Waals surface area contributed by atoms with E-state index >= 15 is 0 Å². The molecule has 2 fully saturated rings. The molecule has 1 aromatic rings. The zero-order valence-electron chi connectivity index (χ0n) is 14.3. The van der Waals surface area contributed by atoms with Gasteiger partial charge in [0, 0.05) is 36.9 Å². The monoisotopic (exact) mass is 333 g/mol. The molecule has 6 nitrogen and oxygen atoms in total. The molecule has 0 bridgehead atoms. The second-order valence-electron chi connectivity index (χ2n) is 7.39. The first-order valence-electron chi connectivity index (χ1n) is 9.07. The molecule has 0 saturated heterocycles. The summed E-state index contributed by atoms with van der Waals surface area (Å²) < 4.78 is 5.23. The first kappa shape index (κ1) is 17.1. The van der Waals surface area contributed by atoms with Gasteiger partial charge in [-0.25, -0.2) is 0 Å². The SMILES string of the molecule is CC(CN)C(=O)CC1CCC(NC(=O)c2cc(C3CC3)on2)CC1. The summed E-state index contributed by atoms with van der Waals surface area (Å²) in [6.45, 7) is 2.31. The van der Waals surface area contributed by atoms with Gasteiger partial charge in [0.2, 0.25) is 0 Å². The van der Waals surface area contributed by atoms with Gasteiger partial charge >= 0.3 is 0 Å². The fraction of sp³-hybridized carbons (Fsp3) is 0.722. The molecule has 1 atom stereocenters. The lowest BCUT2D eigenvalue weighted by atomic mass is 9.81. The molecule has 1 amide bonds. The normalized spacial score (nSPS) is 25.2. The number of aromatic nitrogens is 1. The van der Waals surface area contributed by atoms with Crippen LogP contribution in [0.3, 0.4) is 0 Å². The topological polar surface area (TPSA) is 98.2 Å². The Labute approximate surface area is 142 Å². The highest BCUT2D eigenvalue weighted by molar-refractivity contribution is 5.92. The van der Waals surface area contributed by atoms with E-state index in [1.807, 2.05) is 6.92 Å². The van der Waals surface area contributed by atoms with Crippen LogP contribution in [0.2, 0.25) is 0 Å². The summed E-state index contributed by atoms with van der Waals surface area (Å²) >= 11 is 0. The third kappa shape index (κ3) is 4.23. The molecule has 2 aliphatic rings. The van der Waals surface area contributed by atoms with Gasteiger partial charge < -0.3 is 15.6 Å². The molecule has 3 rings (SSSR count). The predicted molar refractivity (Wildman–Crippen MR) is 89.5 cm³/mol. The number of hydrogen-bond donors (Lipinski definition) is 2. The van der Waals surface area contributed by atoms with Gasteiger partial charge in [-0.05, 0) is 44.4 Å². The summed E-state index contributed by atoms with van der Waals surface area (Å²) in [4.78, 5) is 24.2. The second kappa shape index (κ2) is 7.47. The molecule has 1 aromatic heterocycles. The number of amides is 1. The highest BCUT2D eigenvalue weighted by Gasteiger charge is 2.30. The molecule has 0 radical (unpaired) electrons. The number of carbonyl (C=O) groups excluding carboxylic acids is 2. The maximum absolute atomic E-state index is 12.3. The van der Waals surface area contributed by atoms with Crippen molar-refractivity contribution < 1.29 is 14.1 Å². The predicted octanol–water partition coefficient (Wildman–Crippen LogP) is 2.39. The smallest absolute Gasteiger partial charge is 0.273 e. The van der Waals surface area contributed by atoms with Gasteiger partial charge in [-0.3, -0.25) is 9.59 Å². The van der Waals surface area contributed by atoms with E-state index in [4.69, 9.17) is 10.3 Å². The van der Waals surface area contributed by atoms with E-state index in [1.165, 1.54) is 0 Å². The Morgan fingerprint density at radius 3 is 2.62 bits per heavy atom. The minimum absolute atomic E-state index is 0.0461. The van der Waals surface area contributed by atoms with Crippen LogP contribution in [-0.2, 0) is 4.79 Å². The van der Waals surface area contributed by atoms with Crippen LogP contribution in [0.5, 0.6) is 0 Å². The van der Waals surface area contributed by atoms with Gasteiger partial charge in [-0.15, -0.1) is 0 Å². The van der Waals surface area contributed by atoms with Crippen LogP contribution < -0.4 is 11.1 Å². The molecule has 1 unspecified atom stereocenters. The van der Waals surface area contributed by atoms with E-state index in [-0.39, 0.29) is 23.7 Å². The molecule has 2 saturated carbocycles. The van der Waals surface area contributed by atoms with Crippen LogP contribution >= 0.6 is 0 Å². The Bertz CT molecular complexity index is 586. The van der Waals surface area contributed by atoms with E-state index in [9.17, 15) is 9.59 Å². The Kier molecular flexibility index (Phi) is 5.33. The molecule has 24 heavy (non-hydrogen) atoms. The van der Waals surface area contributed by atoms with Crippen LogP contribution in [-0.4, -0.2) is 29.4 Å². The van der Waals surface area contributed by atoms with E-state index in [0.717, 1.165) is 44.3 Å².